The van der Waals surface area contributed by atoms with Gasteiger partial charge in [-0.1, -0.05) is 13.8 Å². The van der Waals surface area contributed by atoms with E-state index in [9.17, 15) is 4.79 Å². The minimum Gasteiger partial charge on any atom is -0.361 e. The number of carbonyl (C=O) groups is 1. The van der Waals surface area contributed by atoms with Crippen LogP contribution < -0.4 is 16.2 Å². The van der Waals surface area contributed by atoms with Gasteiger partial charge in [-0.15, -0.1) is 0 Å². The van der Waals surface area contributed by atoms with E-state index in [1.54, 1.807) is 16.9 Å². The highest BCUT2D eigenvalue weighted by Gasteiger charge is 2.21. The van der Waals surface area contributed by atoms with Crippen LogP contribution in [0.2, 0.25) is 0 Å². The molecule has 0 aliphatic carbocycles. The van der Waals surface area contributed by atoms with E-state index >= 15 is 0 Å². The van der Waals surface area contributed by atoms with Gasteiger partial charge >= 0.3 is 0 Å². The van der Waals surface area contributed by atoms with Gasteiger partial charge in [-0.3, -0.25) is 20.3 Å². The highest BCUT2D eigenvalue weighted by atomic mass is 32.1. The molecule has 3 rings (SSSR count). The molecule has 3 heterocycles. The molecular weight excluding hydrogens is 400 g/mol. The number of thiocarbonyl (C=S) groups is 1. The molecule has 0 fully saturated rings. The van der Waals surface area contributed by atoms with Crippen LogP contribution in [0, 0.1) is 13.8 Å². The van der Waals surface area contributed by atoms with Crippen LogP contribution in [0.3, 0.4) is 0 Å². The molecule has 0 aliphatic heterocycles. The van der Waals surface area contributed by atoms with Crippen molar-refractivity contribution in [3.8, 4) is 11.3 Å². The predicted molar refractivity (Wildman–Crippen MR) is 121 cm³/mol. The molecule has 1 amide bonds. The summed E-state index contributed by atoms with van der Waals surface area (Å²) in [5, 5.41) is 13.1. The molecule has 30 heavy (non-hydrogen) atoms. The summed E-state index contributed by atoms with van der Waals surface area (Å²) in [6.07, 6.45) is 3.61. The fourth-order valence-electron chi connectivity index (χ4n) is 3.25. The lowest BCUT2D eigenvalue weighted by Gasteiger charge is -2.12. The second-order valence-corrected chi connectivity index (χ2v) is 7.57. The number of nitrogens with zero attached hydrogens (tertiary/aromatic N) is 5. The van der Waals surface area contributed by atoms with E-state index in [0.717, 1.165) is 48.3 Å². The average Bonchev–Trinajstić information content (AvgIpc) is 3.23. The van der Waals surface area contributed by atoms with Gasteiger partial charge in [0.25, 0.3) is 5.91 Å². The normalized spacial score (nSPS) is 11.0. The number of pyridine rings is 1. The molecule has 0 aliphatic rings. The largest absolute Gasteiger partial charge is 0.361 e. The fourth-order valence-corrected chi connectivity index (χ4v) is 3.41. The topological polar surface area (TPSA) is 102 Å². The summed E-state index contributed by atoms with van der Waals surface area (Å²) in [6, 6.07) is 1.79. The van der Waals surface area contributed by atoms with E-state index in [4.69, 9.17) is 17.2 Å². The first-order chi connectivity index (χ1) is 14.4. The van der Waals surface area contributed by atoms with Crippen LogP contribution in [-0.2, 0) is 13.6 Å². The van der Waals surface area contributed by atoms with Crippen molar-refractivity contribution in [3.05, 3.63) is 29.2 Å². The van der Waals surface area contributed by atoms with E-state index < -0.39 is 0 Å². The van der Waals surface area contributed by atoms with Crippen molar-refractivity contribution < 1.29 is 4.79 Å². The third-order valence-electron chi connectivity index (χ3n) is 4.89. The SMILES string of the molecule is CCCNC(=S)NNC(=O)c1cc(-c2cnn(C)c2C)nc2c1c(C)nn2CCC. The standard InChI is InChI=1S/C20H28N8OS/c1-6-8-21-20(30)25-24-19(29)14-10-16(15-11-22-27(5)13(15)4)23-18-17(14)12(3)26-28(18)9-7-2/h10-11H,6-9H2,1-5H3,(H,24,29)(H2,21,25,30). The first-order valence-corrected chi connectivity index (χ1v) is 10.5. The molecule has 0 aromatic carbocycles. The van der Waals surface area contributed by atoms with Crippen LogP contribution in [-0.4, -0.2) is 42.1 Å². The zero-order valence-corrected chi connectivity index (χ0v) is 18.9. The van der Waals surface area contributed by atoms with Gasteiger partial charge in [0, 0.05) is 31.4 Å². The highest BCUT2D eigenvalue weighted by molar-refractivity contribution is 7.80. The second-order valence-electron chi connectivity index (χ2n) is 7.16. The molecule has 3 N–H and O–H groups in total. The number of fused-ring (bicyclic) bond motifs is 1. The lowest BCUT2D eigenvalue weighted by atomic mass is 10.1. The third kappa shape index (κ3) is 4.28. The minimum atomic E-state index is -0.301. The average molecular weight is 429 g/mol. The van der Waals surface area contributed by atoms with Crippen LogP contribution in [0.25, 0.3) is 22.3 Å². The molecule has 0 radical (unpaired) electrons. The lowest BCUT2D eigenvalue weighted by molar-refractivity contribution is 0.0945. The summed E-state index contributed by atoms with van der Waals surface area (Å²) >= 11 is 5.19. The maximum atomic E-state index is 13.1. The van der Waals surface area contributed by atoms with Crippen molar-refractivity contribution in [2.75, 3.05) is 6.54 Å². The van der Waals surface area contributed by atoms with Gasteiger partial charge in [0.15, 0.2) is 10.8 Å². The molecule has 3 aromatic rings. The van der Waals surface area contributed by atoms with Gasteiger partial charge in [-0.2, -0.15) is 10.2 Å². The van der Waals surface area contributed by atoms with Gasteiger partial charge in [0.05, 0.1) is 28.5 Å². The maximum Gasteiger partial charge on any atom is 0.270 e. The van der Waals surface area contributed by atoms with Gasteiger partial charge in [0.1, 0.15) is 0 Å². The Hall–Kier alpha value is -3.01. The van der Waals surface area contributed by atoms with Crippen LogP contribution in [0.4, 0.5) is 0 Å². The number of rotatable bonds is 6. The van der Waals surface area contributed by atoms with Gasteiger partial charge in [-0.05, 0) is 45.0 Å². The molecular formula is C20H28N8OS. The molecule has 0 spiro atoms. The number of carbonyl (C=O) groups excluding carboxylic acids is 1. The van der Waals surface area contributed by atoms with Crippen LogP contribution in [0.5, 0.6) is 0 Å². The first-order valence-electron chi connectivity index (χ1n) is 10.1. The van der Waals surface area contributed by atoms with Crippen LogP contribution in [0.1, 0.15) is 48.4 Å². The Labute approximate surface area is 181 Å². The Kier molecular flexibility index (Phi) is 6.66. The predicted octanol–water partition coefficient (Wildman–Crippen LogP) is 2.38. The van der Waals surface area contributed by atoms with E-state index in [-0.39, 0.29) is 5.91 Å². The third-order valence-corrected chi connectivity index (χ3v) is 5.14. The van der Waals surface area contributed by atoms with Crippen molar-refractivity contribution in [1.29, 1.82) is 0 Å². The van der Waals surface area contributed by atoms with Gasteiger partial charge in [0.2, 0.25) is 0 Å². The molecule has 0 atom stereocenters. The lowest BCUT2D eigenvalue weighted by Crippen LogP contribution is -2.47. The van der Waals surface area contributed by atoms with E-state index in [1.807, 2.05) is 32.5 Å². The number of amides is 1. The number of aryl methyl sites for hydroxylation is 3. The molecule has 10 heteroatoms. The van der Waals surface area contributed by atoms with Crippen molar-refractivity contribution >= 4 is 34.3 Å². The number of nitrogens with one attached hydrogen (secondary N) is 3. The molecule has 0 bridgehead atoms. The number of aromatic nitrogens is 5. The van der Waals surface area contributed by atoms with Crippen molar-refractivity contribution in [1.82, 2.24) is 40.7 Å². The molecule has 0 saturated carbocycles. The quantitative estimate of drug-likeness (QED) is 0.409. The molecule has 160 valence electrons. The number of hydrogen-bond donors (Lipinski definition) is 3. The zero-order chi connectivity index (χ0) is 21.8. The zero-order valence-electron chi connectivity index (χ0n) is 18.0. The molecule has 0 unspecified atom stereocenters. The van der Waals surface area contributed by atoms with Gasteiger partial charge < -0.3 is 5.32 Å². The second kappa shape index (κ2) is 9.21. The van der Waals surface area contributed by atoms with Crippen LogP contribution in [0.15, 0.2) is 12.3 Å². The van der Waals surface area contributed by atoms with E-state index in [0.29, 0.717) is 22.0 Å². The molecule has 0 saturated heterocycles. The maximum absolute atomic E-state index is 13.1. The first kappa shape index (κ1) is 21.7. The fraction of sp³-hybridized carbons (Fsp3) is 0.450. The van der Waals surface area contributed by atoms with Crippen molar-refractivity contribution in [2.45, 2.75) is 47.1 Å². The summed E-state index contributed by atoms with van der Waals surface area (Å²) in [4.78, 5) is 17.9. The van der Waals surface area contributed by atoms with E-state index in [2.05, 4.69) is 33.3 Å². The van der Waals surface area contributed by atoms with E-state index in [1.165, 1.54) is 0 Å². The van der Waals surface area contributed by atoms with Gasteiger partial charge in [-0.25, -0.2) is 9.67 Å². The Bertz CT molecular complexity index is 1080. The number of hydrazine groups is 1. The monoisotopic (exact) mass is 428 g/mol. The molecule has 3 aromatic heterocycles. The number of hydrogen-bond acceptors (Lipinski definition) is 5. The summed E-state index contributed by atoms with van der Waals surface area (Å²) in [5.74, 6) is -0.301. The smallest absolute Gasteiger partial charge is 0.270 e. The summed E-state index contributed by atoms with van der Waals surface area (Å²) in [7, 11) is 1.88. The Morgan fingerprint density at radius 3 is 2.60 bits per heavy atom. The summed E-state index contributed by atoms with van der Waals surface area (Å²) in [5.41, 5.74) is 9.92. The van der Waals surface area contributed by atoms with Crippen LogP contribution >= 0.6 is 12.2 Å². The summed E-state index contributed by atoms with van der Waals surface area (Å²) in [6.45, 7) is 9.44. The highest BCUT2D eigenvalue weighted by Crippen LogP contribution is 2.28. The summed E-state index contributed by atoms with van der Waals surface area (Å²) < 4.78 is 3.65. The minimum absolute atomic E-state index is 0.301. The molecule has 9 nitrogen and oxygen atoms in total. The van der Waals surface area contributed by atoms with Crippen molar-refractivity contribution in [2.24, 2.45) is 7.05 Å². The Morgan fingerprint density at radius 2 is 1.97 bits per heavy atom. The Morgan fingerprint density at radius 1 is 1.20 bits per heavy atom. The Balaban J connectivity index is 2.06. The van der Waals surface area contributed by atoms with Crippen molar-refractivity contribution in [3.63, 3.8) is 0 Å².